The highest BCUT2D eigenvalue weighted by Gasteiger charge is 2.16. The molecule has 0 bridgehead atoms. The van der Waals surface area contributed by atoms with Crippen molar-refractivity contribution in [1.29, 1.82) is 0 Å². The quantitative estimate of drug-likeness (QED) is 0.778. The van der Waals surface area contributed by atoms with Gasteiger partial charge in [0.05, 0.1) is 4.47 Å². The molecule has 5 heteroatoms. The summed E-state index contributed by atoms with van der Waals surface area (Å²) in [6.07, 6.45) is -0.484. The smallest absolute Gasteiger partial charge is 0.412 e. The third-order valence-electron chi connectivity index (χ3n) is 2.81. The molecular weight excluding hydrogens is 358 g/mol. The summed E-state index contributed by atoms with van der Waals surface area (Å²) in [5, 5.41) is 2.69. The Morgan fingerprint density at radius 1 is 1.13 bits per heavy atom. The topological polar surface area (TPSA) is 47.6 Å². The molecule has 0 unspecified atom stereocenters. The number of hydrogen-bond donors (Lipinski definition) is 1. The predicted molar refractivity (Wildman–Crippen MR) is 94.8 cm³/mol. The number of anilines is 1. The Kier molecular flexibility index (Phi) is 5.66. The highest BCUT2D eigenvalue weighted by Crippen LogP contribution is 2.29. The maximum atomic E-state index is 11.8. The molecule has 0 aliphatic carbocycles. The zero-order valence-electron chi connectivity index (χ0n) is 13.4. The summed E-state index contributed by atoms with van der Waals surface area (Å²) in [4.78, 5) is 11.8. The molecule has 1 amide bonds. The fraction of sp³-hybridized carbons (Fsp3) is 0.278. The van der Waals surface area contributed by atoms with Crippen molar-refractivity contribution in [3.05, 3.63) is 58.6 Å². The van der Waals surface area contributed by atoms with Crippen molar-refractivity contribution in [1.82, 2.24) is 0 Å². The van der Waals surface area contributed by atoms with E-state index in [9.17, 15) is 4.79 Å². The van der Waals surface area contributed by atoms with Crippen LogP contribution < -0.4 is 10.1 Å². The van der Waals surface area contributed by atoms with Gasteiger partial charge in [-0.05, 0) is 60.5 Å². The van der Waals surface area contributed by atoms with Crippen molar-refractivity contribution in [2.75, 3.05) is 5.32 Å². The van der Waals surface area contributed by atoms with Gasteiger partial charge >= 0.3 is 6.09 Å². The molecule has 0 spiro atoms. The normalized spacial score (nSPS) is 11.0. The fourth-order valence-electron chi connectivity index (χ4n) is 1.85. The molecule has 0 heterocycles. The first-order valence-electron chi connectivity index (χ1n) is 7.30. The van der Waals surface area contributed by atoms with Crippen LogP contribution in [0, 0.1) is 0 Å². The van der Waals surface area contributed by atoms with Crippen LogP contribution in [-0.4, -0.2) is 11.7 Å². The van der Waals surface area contributed by atoms with E-state index in [-0.39, 0.29) is 0 Å². The van der Waals surface area contributed by atoms with Crippen molar-refractivity contribution < 1.29 is 14.3 Å². The van der Waals surface area contributed by atoms with Crippen molar-refractivity contribution in [3.63, 3.8) is 0 Å². The zero-order valence-corrected chi connectivity index (χ0v) is 15.0. The Morgan fingerprint density at radius 2 is 1.83 bits per heavy atom. The second kappa shape index (κ2) is 7.51. The summed E-state index contributed by atoms with van der Waals surface area (Å²) in [5.74, 6) is 0.712. The lowest BCUT2D eigenvalue weighted by Crippen LogP contribution is -2.27. The Hall–Kier alpha value is -2.01. The molecule has 2 rings (SSSR count). The van der Waals surface area contributed by atoms with Crippen molar-refractivity contribution in [2.45, 2.75) is 33.0 Å². The highest BCUT2D eigenvalue weighted by molar-refractivity contribution is 9.10. The molecular formula is C18H20BrNO3. The van der Waals surface area contributed by atoms with Crippen molar-refractivity contribution in [2.24, 2.45) is 0 Å². The van der Waals surface area contributed by atoms with Gasteiger partial charge in [0.25, 0.3) is 0 Å². The molecule has 0 aliphatic rings. The van der Waals surface area contributed by atoms with Crippen LogP contribution in [0.15, 0.2) is 53.0 Å². The van der Waals surface area contributed by atoms with E-state index in [1.807, 2.05) is 51.1 Å². The molecule has 2 aromatic rings. The van der Waals surface area contributed by atoms with Crippen LogP contribution in [0.5, 0.6) is 5.75 Å². The van der Waals surface area contributed by atoms with Gasteiger partial charge in [-0.2, -0.15) is 0 Å². The van der Waals surface area contributed by atoms with Crippen LogP contribution >= 0.6 is 15.9 Å². The van der Waals surface area contributed by atoms with Gasteiger partial charge in [-0.3, -0.25) is 5.32 Å². The highest BCUT2D eigenvalue weighted by atomic mass is 79.9. The van der Waals surface area contributed by atoms with Gasteiger partial charge < -0.3 is 9.47 Å². The second-order valence-corrected chi connectivity index (χ2v) is 6.90. The second-order valence-electron chi connectivity index (χ2n) is 6.05. The standard InChI is InChI=1S/C18H20BrNO3/c1-18(2,3)23-17(21)20-14-9-10-16(15(19)11-14)22-12-13-7-5-4-6-8-13/h4-11H,12H2,1-3H3,(H,20,21). The van der Waals surface area contributed by atoms with E-state index in [2.05, 4.69) is 21.2 Å². The Labute approximate surface area is 144 Å². The maximum Gasteiger partial charge on any atom is 0.412 e. The molecule has 0 aromatic heterocycles. The van der Waals surface area contributed by atoms with Crippen LogP contribution in [0.4, 0.5) is 10.5 Å². The van der Waals surface area contributed by atoms with Crippen LogP contribution in [0.1, 0.15) is 26.3 Å². The largest absolute Gasteiger partial charge is 0.488 e. The van der Waals surface area contributed by atoms with Gasteiger partial charge in [-0.25, -0.2) is 4.79 Å². The van der Waals surface area contributed by atoms with Crippen molar-refractivity contribution in [3.8, 4) is 5.75 Å². The predicted octanol–water partition coefficient (Wildman–Crippen LogP) is 5.38. The lowest BCUT2D eigenvalue weighted by Gasteiger charge is -2.19. The summed E-state index contributed by atoms with van der Waals surface area (Å²) < 4.78 is 11.8. The fourth-order valence-corrected chi connectivity index (χ4v) is 2.35. The van der Waals surface area contributed by atoms with E-state index in [4.69, 9.17) is 9.47 Å². The van der Waals surface area contributed by atoms with E-state index in [0.717, 1.165) is 10.0 Å². The van der Waals surface area contributed by atoms with E-state index >= 15 is 0 Å². The summed E-state index contributed by atoms with van der Waals surface area (Å²) in [5.41, 5.74) is 1.20. The van der Waals surface area contributed by atoms with Gasteiger partial charge in [-0.15, -0.1) is 0 Å². The van der Waals surface area contributed by atoms with E-state index in [1.54, 1.807) is 18.2 Å². The lowest BCUT2D eigenvalue weighted by atomic mass is 10.2. The van der Waals surface area contributed by atoms with Gasteiger partial charge in [0.1, 0.15) is 18.0 Å². The van der Waals surface area contributed by atoms with Crippen LogP contribution in [0.2, 0.25) is 0 Å². The molecule has 1 N–H and O–H groups in total. The number of nitrogens with one attached hydrogen (secondary N) is 1. The number of carbonyl (C=O) groups is 1. The number of hydrogen-bond acceptors (Lipinski definition) is 3. The van der Waals surface area contributed by atoms with Gasteiger partial charge in [0.15, 0.2) is 0 Å². The van der Waals surface area contributed by atoms with Crippen molar-refractivity contribution >= 4 is 27.7 Å². The molecule has 0 saturated carbocycles. The number of halogens is 1. The van der Waals surface area contributed by atoms with Gasteiger partial charge in [0, 0.05) is 5.69 Å². The number of carbonyl (C=O) groups excluding carboxylic acids is 1. The molecule has 0 fully saturated rings. The molecule has 122 valence electrons. The summed E-state index contributed by atoms with van der Waals surface area (Å²) >= 11 is 3.45. The molecule has 2 aromatic carbocycles. The first-order valence-corrected chi connectivity index (χ1v) is 8.09. The molecule has 23 heavy (non-hydrogen) atoms. The first-order chi connectivity index (χ1) is 10.8. The SMILES string of the molecule is CC(C)(C)OC(=O)Nc1ccc(OCc2ccccc2)c(Br)c1. The van der Waals surface area contributed by atoms with E-state index in [0.29, 0.717) is 18.0 Å². The maximum absolute atomic E-state index is 11.8. The van der Waals surface area contributed by atoms with Crippen LogP contribution in [0.25, 0.3) is 0 Å². The summed E-state index contributed by atoms with van der Waals surface area (Å²) in [6, 6.07) is 15.3. The number of rotatable bonds is 4. The van der Waals surface area contributed by atoms with Gasteiger partial charge in [0.2, 0.25) is 0 Å². The minimum atomic E-state index is -0.528. The minimum Gasteiger partial charge on any atom is -0.488 e. The number of ether oxygens (including phenoxy) is 2. The third kappa shape index (κ3) is 5.94. The average molecular weight is 378 g/mol. The van der Waals surface area contributed by atoms with Crippen LogP contribution in [-0.2, 0) is 11.3 Å². The van der Waals surface area contributed by atoms with Gasteiger partial charge in [-0.1, -0.05) is 30.3 Å². The Bertz CT molecular complexity index is 666. The van der Waals surface area contributed by atoms with E-state index in [1.165, 1.54) is 0 Å². The average Bonchev–Trinajstić information content (AvgIpc) is 2.45. The Morgan fingerprint density at radius 3 is 2.43 bits per heavy atom. The zero-order chi connectivity index (χ0) is 16.9. The summed E-state index contributed by atoms with van der Waals surface area (Å²) in [7, 11) is 0. The minimum absolute atomic E-state index is 0.484. The molecule has 0 radical (unpaired) electrons. The Balaban J connectivity index is 1.96. The monoisotopic (exact) mass is 377 g/mol. The molecule has 0 saturated heterocycles. The number of amides is 1. The third-order valence-corrected chi connectivity index (χ3v) is 3.43. The van der Waals surface area contributed by atoms with Crippen LogP contribution in [0.3, 0.4) is 0 Å². The lowest BCUT2D eigenvalue weighted by molar-refractivity contribution is 0.0636. The summed E-state index contributed by atoms with van der Waals surface area (Å²) in [6.45, 7) is 5.95. The molecule has 0 aliphatic heterocycles. The molecule has 4 nitrogen and oxygen atoms in total. The first kappa shape index (κ1) is 17.3. The van der Waals surface area contributed by atoms with E-state index < -0.39 is 11.7 Å². The number of benzene rings is 2. The molecule has 0 atom stereocenters.